The van der Waals surface area contributed by atoms with Gasteiger partial charge in [0, 0.05) is 12.7 Å². The molecule has 0 saturated heterocycles. The van der Waals surface area contributed by atoms with Crippen LogP contribution in [0.2, 0.25) is 5.22 Å². The van der Waals surface area contributed by atoms with Gasteiger partial charge in [-0.15, -0.1) is 0 Å². The lowest BCUT2D eigenvalue weighted by Gasteiger charge is -2.16. The molecule has 0 aliphatic heterocycles. The third-order valence-corrected chi connectivity index (χ3v) is 2.83. The number of furan rings is 1. The van der Waals surface area contributed by atoms with Crippen molar-refractivity contribution < 1.29 is 4.42 Å². The summed E-state index contributed by atoms with van der Waals surface area (Å²) in [6, 6.07) is 5.64. The van der Waals surface area contributed by atoms with Gasteiger partial charge < -0.3 is 9.73 Å². The van der Waals surface area contributed by atoms with Gasteiger partial charge in [0.05, 0.1) is 5.69 Å². The Balaban J connectivity index is 2.35. The monoisotopic (exact) mass is 253 g/mol. The van der Waals surface area contributed by atoms with Crippen LogP contribution in [0.3, 0.4) is 0 Å². The standard InChI is InChI=1S/C12H16ClN3O/c1-3-14-12(10-5-6-11(13)17-10)9-7-8-15-16(9)4-2/h5-8,12,14H,3-4H2,1-2H3. The number of aryl methyl sites for hydroxylation is 1. The number of hydrogen-bond acceptors (Lipinski definition) is 3. The molecule has 5 heteroatoms. The molecule has 2 heterocycles. The van der Waals surface area contributed by atoms with E-state index >= 15 is 0 Å². The third kappa shape index (κ3) is 2.53. The maximum absolute atomic E-state index is 5.82. The maximum atomic E-state index is 5.82. The Hall–Kier alpha value is -1.26. The molecular weight excluding hydrogens is 238 g/mol. The first-order valence-corrected chi connectivity index (χ1v) is 6.14. The van der Waals surface area contributed by atoms with Crippen LogP contribution in [-0.4, -0.2) is 16.3 Å². The molecule has 1 N–H and O–H groups in total. The molecular formula is C12H16ClN3O. The molecule has 2 rings (SSSR count). The summed E-state index contributed by atoms with van der Waals surface area (Å²) in [6.07, 6.45) is 1.80. The molecule has 0 aliphatic carbocycles. The fourth-order valence-corrected chi connectivity index (χ4v) is 2.04. The van der Waals surface area contributed by atoms with Crippen molar-refractivity contribution in [3.63, 3.8) is 0 Å². The maximum Gasteiger partial charge on any atom is 0.193 e. The Bertz CT molecular complexity index is 478. The second-order valence-electron chi connectivity index (χ2n) is 3.70. The van der Waals surface area contributed by atoms with E-state index in [0.717, 1.165) is 24.5 Å². The van der Waals surface area contributed by atoms with Crippen LogP contribution in [0.25, 0.3) is 0 Å². The SMILES string of the molecule is CCNC(c1ccc(Cl)o1)c1ccnn1CC. The minimum Gasteiger partial charge on any atom is -0.448 e. The van der Waals surface area contributed by atoms with Gasteiger partial charge in [-0.2, -0.15) is 5.10 Å². The summed E-state index contributed by atoms with van der Waals surface area (Å²) in [5.41, 5.74) is 1.08. The first-order valence-electron chi connectivity index (χ1n) is 5.76. The van der Waals surface area contributed by atoms with Crippen molar-refractivity contribution in [1.82, 2.24) is 15.1 Å². The second kappa shape index (κ2) is 5.38. The second-order valence-corrected chi connectivity index (χ2v) is 4.08. The van der Waals surface area contributed by atoms with E-state index in [1.54, 1.807) is 12.3 Å². The normalized spacial score (nSPS) is 12.9. The van der Waals surface area contributed by atoms with Gasteiger partial charge in [0.2, 0.25) is 0 Å². The van der Waals surface area contributed by atoms with Gasteiger partial charge in [-0.25, -0.2) is 0 Å². The van der Waals surface area contributed by atoms with Gasteiger partial charge in [-0.3, -0.25) is 4.68 Å². The average molecular weight is 254 g/mol. The first kappa shape index (κ1) is 12.2. The lowest BCUT2D eigenvalue weighted by atomic mass is 10.1. The van der Waals surface area contributed by atoms with Crippen molar-refractivity contribution in [2.75, 3.05) is 6.54 Å². The predicted octanol–water partition coefficient (Wildman–Crippen LogP) is 2.85. The van der Waals surface area contributed by atoms with Crippen molar-refractivity contribution in [1.29, 1.82) is 0 Å². The molecule has 0 radical (unpaired) electrons. The Morgan fingerprint density at radius 1 is 1.41 bits per heavy atom. The van der Waals surface area contributed by atoms with Crippen LogP contribution in [0, 0.1) is 0 Å². The zero-order valence-corrected chi connectivity index (χ0v) is 10.7. The number of nitrogens with one attached hydrogen (secondary N) is 1. The zero-order chi connectivity index (χ0) is 12.3. The molecule has 0 spiro atoms. The molecule has 1 atom stereocenters. The summed E-state index contributed by atoms with van der Waals surface area (Å²) in [5, 5.41) is 8.06. The van der Waals surface area contributed by atoms with Crippen molar-refractivity contribution in [2.24, 2.45) is 0 Å². The van der Waals surface area contributed by atoms with Crippen LogP contribution in [-0.2, 0) is 6.54 Å². The Morgan fingerprint density at radius 2 is 2.24 bits per heavy atom. The number of aromatic nitrogens is 2. The van der Waals surface area contributed by atoms with Gasteiger partial charge >= 0.3 is 0 Å². The van der Waals surface area contributed by atoms with Crippen LogP contribution in [0.5, 0.6) is 0 Å². The minimum atomic E-state index is -0.00468. The topological polar surface area (TPSA) is 43.0 Å². The average Bonchev–Trinajstić information content (AvgIpc) is 2.94. The molecule has 2 aromatic heterocycles. The molecule has 2 aromatic rings. The van der Waals surface area contributed by atoms with E-state index < -0.39 is 0 Å². The molecule has 0 amide bonds. The number of hydrogen-bond donors (Lipinski definition) is 1. The van der Waals surface area contributed by atoms with Gasteiger partial charge in [-0.1, -0.05) is 6.92 Å². The van der Waals surface area contributed by atoms with Crippen molar-refractivity contribution >= 4 is 11.6 Å². The molecule has 1 unspecified atom stereocenters. The molecule has 4 nitrogen and oxygen atoms in total. The third-order valence-electron chi connectivity index (χ3n) is 2.63. The summed E-state index contributed by atoms with van der Waals surface area (Å²) in [5.74, 6) is 0.812. The first-order chi connectivity index (χ1) is 8.26. The van der Waals surface area contributed by atoms with Crippen molar-refractivity contribution in [2.45, 2.75) is 26.4 Å². The molecule has 92 valence electrons. The molecule has 0 saturated carbocycles. The van der Waals surface area contributed by atoms with Gasteiger partial charge in [-0.05, 0) is 43.3 Å². The quantitative estimate of drug-likeness (QED) is 0.891. The van der Waals surface area contributed by atoms with Crippen LogP contribution >= 0.6 is 11.6 Å². The van der Waals surface area contributed by atoms with Crippen molar-refractivity contribution in [3.8, 4) is 0 Å². The minimum absolute atomic E-state index is 0.00468. The summed E-state index contributed by atoms with van der Waals surface area (Å²) in [4.78, 5) is 0. The summed E-state index contributed by atoms with van der Waals surface area (Å²) < 4.78 is 7.43. The number of halogens is 1. The number of rotatable bonds is 5. The van der Waals surface area contributed by atoms with Crippen LogP contribution < -0.4 is 5.32 Å². The van der Waals surface area contributed by atoms with Crippen LogP contribution in [0.1, 0.15) is 31.3 Å². The van der Waals surface area contributed by atoms with Gasteiger partial charge in [0.25, 0.3) is 0 Å². The number of nitrogens with zero attached hydrogens (tertiary/aromatic N) is 2. The highest BCUT2D eigenvalue weighted by molar-refractivity contribution is 6.28. The summed E-state index contributed by atoms with van der Waals surface area (Å²) in [7, 11) is 0. The van der Waals surface area contributed by atoms with E-state index in [-0.39, 0.29) is 6.04 Å². The molecule has 17 heavy (non-hydrogen) atoms. The van der Waals surface area contributed by atoms with E-state index in [1.165, 1.54) is 0 Å². The van der Waals surface area contributed by atoms with Crippen LogP contribution in [0.15, 0.2) is 28.8 Å². The fourth-order valence-electron chi connectivity index (χ4n) is 1.89. The Morgan fingerprint density at radius 3 is 2.82 bits per heavy atom. The molecule has 0 aromatic carbocycles. The molecule has 0 fully saturated rings. The lowest BCUT2D eigenvalue weighted by molar-refractivity contribution is 0.433. The highest BCUT2D eigenvalue weighted by atomic mass is 35.5. The lowest BCUT2D eigenvalue weighted by Crippen LogP contribution is -2.24. The van der Waals surface area contributed by atoms with Crippen molar-refractivity contribution in [3.05, 3.63) is 41.1 Å². The fraction of sp³-hybridized carbons (Fsp3) is 0.417. The predicted molar refractivity (Wildman–Crippen MR) is 67.1 cm³/mol. The van der Waals surface area contributed by atoms with Gasteiger partial charge in [0.15, 0.2) is 5.22 Å². The Kier molecular flexibility index (Phi) is 3.86. The molecule has 0 aliphatic rings. The summed E-state index contributed by atoms with van der Waals surface area (Å²) in [6.45, 7) is 5.80. The smallest absolute Gasteiger partial charge is 0.193 e. The van der Waals surface area contributed by atoms with E-state index in [1.807, 2.05) is 16.8 Å². The van der Waals surface area contributed by atoms with E-state index in [4.69, 9.17) is 16.0 Å². The van der Waals surface area contributed by atoms with E-state index in [9.17, 15) is 0 Å². The van der Waals surface area contributed by atoms with E-state index in [0.29, 0.717) is 5.22 Å². The Labute approximate surface area is 106 Å². The van der Waals surface area contributed by atoms with E-state index in [2.05, 4.69) is 24.3 Å². The van der Waals surface area contributed by atoms with Crippen LogP contribution in [0.4, 0.5) is 0 Å². The molecule has 0 bridgehead atoms. The largest absolute Gasteiger partial charge is 0.448 e. The highest BCUT2D eigenvalue weighted by Crippen LogP contribution is 2.25. The zero-order valence-electron chi connectivity index (χ0n) is 9.98. The summed E-state index contributed by atoms with van der Waals surface area (Å²) >= 11 is 5.82. The van der Waals surface area contributed by atoms with Gasteiger partial charge in [0.1, 0.15) is 11.8 Å². The highest BCUT2D eigenvalue weighted by Gasteiger charge is 2.20.